The van der Waals surface area contributed by atoms with Gasteiger partial charge in [-0.25, -0.2) is 8.42 Å². The topological polar surface area (TPSA) is 88.6 Å². The summed E-state index contributed by atoms with van der Waals surface area (Å²) in [7, 11) is -0.912. The van der Waals surface area contributed by atoms with Crippen LogP contribution in [0.15, 0.2) is 78.0 Å². The van der Waals surface area contributed by atoms with E-state index in [0.717, 1.165) is 5.56 Å². The lowest BCUT2D eigenvalue weighted by atomic mass is 10.1. The van der Waals surface area contributed by atoms with Gasteiger partial charge in [0.2, 0.25) is 0 Å². The van der Waals surface area contributed by atoms with Crippen molar-refractivity contribution in [3.63, 3.8) is 0 Å². The predicted octanol–water partition coefficient (Wildman–Crippen LogP) is 3.16. The molecular formula is C21H21N3O4S. The fourth-order valence-electron chi connectivity index (χ4n) is 2.81. The summed E-state index contributed by atoms with van der Waals surface area (Å²) in [6.45, 7) is 0.362. The number of methoxy groups -OCH3 is 1. The van der Waals surface area contributed by atoms with Crippen molar-refractivity contribution in [1.82, 2.24) is 9.88 Å². The average Bonchev–Trinajstić information content (AvgIpc) is 2.73. The number of anilines is 1. The maximum absolute atomic E-state index is 13.0. The number of sulfonamides is 1. The van der Waals surface area contributed by atoms with Crippen molar-refractivity contribution in [2.75, 3.05) is 18.9 Å². The normalized spacial score (nSPS) is 11.0. The minimum Gasteiger partial charge on any atom is -0.495 e. The average molecular weight is 411 g/mol. The van der Waals surface area contributed by atoms with E-state index in [-0.39, 0.29) is 16.1 Å². The minimum absolute atomic E-state index is 0.0919. The highest BCUT2D eigenvalue weighted by atomic mass is 32.2. The molecule has 0 unspecified atom stereocenters. The Kier molecular flexibility index (Phi) is 6.13. The molecule has 0 fully saturated rings. The van der Waals surface area contributed by atoms with Gasteiger partial charge in [-0.05, 0) is 17.7 Å². The third kappa shape index (κ3) is 4.91. The number of hydrogen-bond donors (Lipinski definition) is 1. The number of aromatic nitrogens is 1. The molecule has 7 nitrogen and oxygen atoms in total. The van der Waals surface area contributed by atoms with Crippen molar-refractivity contribution in [3.8, 4) is 5.75 Å². The number of pyridine rings is 1. The second-order valence-corrected chi connectivity index (χ2v) is 8.01. The summed E-state index contributed by atoms with van der Waals surface area (Å²) in [6.07, 6.45) is 2.83. The summed E-state index contributed by atoms with van der Waals surface area (Å²) < 4.78 is 33.4. The third-order valence-electron chi connectivity index (χ3n) is 4.22. The van der Waals surface area contributed by atoms with Gasteiger partial charge in [0, 0.05) is 19.7 Å². The SMILES string of the molecule is COc1cncc(NS(=O)(=O)c2ccccc2C(=O)N(C)Cc2ccccc2)c1. The standard InChI is InChI=1S/C21H21N3O4S/c1-24(15-16-8-4-3-5-9-16)21(25)19-10-6-7-11-20(19)29(26,27)23-17-12-18(28-2)14-22-13-17/h3-14,23H,15H2,1-2H3. The summed E-state index contributed by atoms with van der Waals surface area (Å²) in [4.78, 5) is 18.3. The van der Waals surface area contributed by atoms with E-state index in [9.17, 15) is 13.2 Å². The van der Waals surface area contributed by atoms with Gasteiger partial charge in [0.15, 0.2) is 0 Å². The Labute approximate surface area is 170 Å². The molecule has 0 aliphatic rings. The molecule has 0 saturated heterocycles. The smallest absolute Gasteiger partial charge is 0.262 e. The van der Waals surface area contributed by atoms with Crippen molar-refractivity contribution >= 4 is 21.6 Å². The summed E-state index contributed by atoms with van der Waals surface area (Å²) in [5.74, 6) is 0.0238. The van der Waals surface area contributed by atoms with Gasteiger partial charge in [0.25, 0.3) is 15.9 Å². The van der Waals surface area contributed by atoms with E-state index in [1.807, 2.05) is 30.3 Å². The van der Waals surface area contributed by atoms with Crippen LogP contribution in [-0.2, 0) is 16.6 Å². The van der Waals surface area contributed by atoms with Crippen LogP contribution in [0.3, 0.4) is 0 Å². The number of hydrogen-bond acceptors (Lipinski definition) is 5. The van der Waals surface area contributed by atoms with E-state index in [1.54, 1.807) is 19.2 Å². The number of ether oxygens (including phenoxy) is 1. The van der Waals surface area contributed by atoms with Gasteiger partial charge in [0.05, 0.1) is 30.8 Å². The van der Waals surface area contributed by atoms with Crippen molar-refractivity contribution in [2.45, 2.75) is 11.4 Å². The number of rotatable bonds is 7. The third-order valence-corrected chi connectivity index (χ3v) is 5.66. The second-order valence-electron chi connectivity index (χ2n) is 6.36. The number of amides is 1. The first-order valence-corrected chi connectivity index (χ1v) is 10.3. The zero-order chi connectivity index (χ0) is 20.9. The zero-order valence-corrected chi connectivity index (χ0v) is 16.9. The molecule has 0 radical (unpaired) electrons. The fraction of sp³-hybridized carbons (Fsp3) is 0.143. The highest BCUT2D eigenvalue weighted by Gasteiger charge is 2.24. The van der Waals surface area contributed by atoms with Crippen LogP contribution in [0.1, 0.15) is 15.9 Å². The number of benzene rings is 2. The molecule has 8 heteroatoms. The van der Waals surface area contributed by atoms with Crippen molar-refractivity contribution in [2.24, 2.45) is 0 Å². The Morgan fingerprint density at radius 3 is 2.48 bits per heavy atom. The second kappa shape index (κ2) is 8.74. The Hall–Kier alpha value is -3.39. The summed E-state index contributed by atoms with van der Waals surface area (Å²) >= 11 is 0. The van der Waals surface area contributed by atoms with Gasteiger partial charge in [-0.1, -0.05) is 42.5 Å². The molecule has 3 aromatic rings. The van der Waals surface area contributed by atoms with E-state index in [1.165, 1.54) is 42.6 Å². The van der Waals surface area contributed by atoms with Gasteiger partial charge >= 0.3 is 0 Å². The van der Waals surface area contributed by atoms with Gasteiger partial charge in [0.1, 0.15) is 10.6 Å². The first-order chi connectivity index (χ1) is 13.9. The molecule has 1 amide bonds. The Morgan fingerprint density at radius 2 is 1.76 bits per heavy atom. The quantitative estimate of drug-likeness (QED) is 0.645. The first kappa shape index (κ1) is 20.3. The van der Waals surface area contributed by atoms with Crippen LogP contribution in [0, 0.1) is 0 Å². The molecule has 2 aromatic carbocycles. The summed E-state index contributed by atoms with van der Waals surface area (Å²) in [5.41, 5.74) is 1.28. The van der Waals surface area contributed by atoms with E-state index in [2.05, 4.69) is 9.71 Å². The van der Waals surface area contributed by atoms with Crippen LogP contribution in [0.2, 0.25) is 0 Å². The summed E-state index contributed by atoms with van der Waals surface area (Å²) in [6, 6.07) is 17.1. The molecule has 0 saturated carbocycles. The molecule has 0 aliphatic heterocycles. The first-order valence-electron chi connectivity index (χ1n) is 8.81. The van der Waals surface area contributed by atoms with Crippen LogP contribution < -0.4 is 9.46 Å². The molecule has 0 atom stereocenters. The highest BCUT2D eigenvalue weighted by Crippen LogP contribution is 2.23. The molecular weight excluding hydrogens is 390 g/mol. The molecule has 0 aliphatic carbocycles. The van der Waals surface area contributed by atoms with Crippen LogP contribution >= 0.6 is 0 Å². The van der Waals surface area contributed by atoms with Crippen LogP contribution in [0.5, 0.6) is 5.75 Å². The Morgan fingerprint density at radius 1 is 1.07 bits per heavy atom. The molecule has 3 rings (SSSR count). The van der Waals surface area contributed by atoms with Crippen molar-refractivity contribution in [1.29, 1.82) is 0 Å². The summed E-state index contributed by atoms with van der Waals surface area (Å²) in [5, 5.41) is 0. The Bertz CT molecular complexity index is 1100. The molecule has 1 aromatic heterocycles. The van der Waals surface area contributed by atoms with Crippen LogP contribution in [-0.4, -0.2) is 38.4 Å². The molecule has 1 N–H and O–H groups in total. The zero-order valence-electron chi connectivity index (χ0n) is 16.1. The number of nitrogens with zero attached hydrogens (tertiary/aromatic N) is 2. The highest BCUT2D eigenvalue weighted by molar-refractivity contribution is 7.92. The van der Waals surface area contributed by atoms with Crippen molar-refractivity contribution < 1.29 is 17.9 Å². The fourth-order valence-corrected chi connectivity index (χ4v) is 4.04. The lowest BCUT2D eigenvalue weighted by molar-refractivity contribution is 0.0781. The largest absolute Gasteiger partial charge is 0.495 e. The van der Waals surface area contributed by atoms with Crippen LogP contribution in [0.4, 0.5) is 5.69 Å². The van der Waals surface area contributed by atoms with Crippen molar-refractivity contribution in [3.05, 3.63) is 84.2 Å². The molecule has 0 spiro atoms. The Balaban J connectivity index is 1.88. The molecule has 29 heavy (non-hydrogen) atoms. The van der Waals surface area contributed by atoms with E-state index in [0.29, 0.717) is 12.3 Å². The molecule has 0 bridgehead atoms. The van der Waals surface area contributed by atoms with Gasteiger partial charge in [-0.2, -0.15) is 0 Å². The number of nitrogens with one attached hydrogen (secondary N) is 1. The van der Waals surface area contributed by atoms with Crippen LogP contribution in [0.25, 0.3) is 0 Å². The van der Waals surface area contributed by atoms with Gasteiger partial charge < -0.3 is 9.64 Å². The molecule has 1 heterocycles. The number of carbonyl (C=O) groups is 1. The lowest BCUT2D eigenvalue weighted by Crippen LogP contribution is -2.28. The lowest BCUT2D eigenvalue weighted by Gasteiger charge is -2.19. The van der Waals surface area contributed by atoms with E-state index < -0.39 is 15.9 Å². The maximum Gasteiger partial charge on any atom is 0.262 e. The maximum atomic E-state index is 13.0. The molecule has 150 valence electrons. The number of carbonyl (C=O) groups excluding carboxylic acids is 1. The monoisotopic (exact) mass is 411 g/mol. The van der Waals surface area contributed by atoms with Gasteiger partial charge in [-0.3, -0.25) is 14.5 Å². The van der Waals surface area contributed by atoms with E-state index >= 15 is 0 Å². The van der Waals surface area contributed by atoms with Gasteiger partial charge in [-0.15, -0.1) is 0 Å². The predicted molar refractivity (Wildman–Crippen MR) is 110 cm³/mol. The van der Waals surface area contributed by atoms with E-state index in [4.69, 9.17) is 4.74 Å². The minimum atomic E-state index is -4.01.